The Bertz CT molecular complexity index is 458. The summed E-state index contributed by atoms with van der Waals surface area (Å²) in [5, 5.41) is 0. The van der Waals surface area contributed by atoms with E-state index >= 15 is 0 Å². The fourth-order valence-corrected chi connectivity index (χ4v) is 5.48. The quantitative estimate of drug-likeness (QED) is 0.767. The van der Waals surface area contributed by atoms with Gasteiger partial charge in [0.1, 0.15) is 0 Å². The first-order valence-corrected chi connectivity index (χ1v) is 7.66. The van der Waals surface area contributed by atoms with Crippen molar-refractivity contribution in [2.45, 2.75) is 44.9 Å². The molecule has 0 N–H and O–H groups in total. The van der Waals surface area contributed by atoms with E-state index in [1.165, 1.54) is 38.5 Å². The van der Waals surface area contributed by atoms with E-state index in [1.807, 2.05) is 12.1 Å². The Kier molecular flexibility index (Phi) is 2.54. The van der Waals surface area contributed by atoms with Crippen molar-refractivity contribution >= 4 is 5.78 Å². The Morgan fingerprint density at radius 1 is 1.16 bits per heavy atom. The number of rotatable bonds is 3. The Labute approximate surface area is 114 Å². The van der Waals surface area contributed by atoms with Crippen LogP contribution in [0.5, 0.6) is 0 Å². The zero-order valence-corrected chi connectivity index (χ0v) is 11.3. The van der Waals surface area contributed by atoms with Crippen LogP contribution in [0.2, 0.25) is 0 Å². The van der Waals surface area contributed by atoms with Crippen LogP contribution in [-0.2, 0) is 0 Å². The first-order chi connectivity index (χ1) is 9.22. The molecule has 2 nitrogen and oxygen atoms in total. The number of ketones is 1. The molecule has 5 rings (SSSR count). The van der Waals surface area contributed by atoms with Crippen LogP contribution in [0.1, 0.15) is 55.3 Å². The number of hydrogen-bond donors (Lipinski definition) is 0. The lowest BCUT2D eigenvalue weighted by Gasteiger charge is -2.56. The largest absolute Gasteiger partial charge is 0.294 e. The number of hydrogen-bond acceptors (Lipinski definition) is 2. The van der Waals surface area contributed by atoms with Gasteiger partial charge in [-0.2, -0.15) is 0 Å². The summed E-state index contributed by atoms with van der Waals surface area (Å²) in [5.41, 5.74) is 1.15. The van der Waals surface area contributed by atoms with Crippen molar-refractivity contribution in [1.82, 2.24) is 4.98 Å². The topological polar surface area (TPSA) is 30.0 Å². The number of carbonyl (C=O) groups excluding carboxylic acids is 1. The molecule has 1 heterocycles. The molecule has 1 aromatic rings. The third kappa shape index (κ3) is 2.01. The fraction of sp³-hybridized carbons (Fsp3) is 0.647. The van der Waals surface area contributed by atoms with Gasteiger partial charge >= 0.3 is 0 Å². The van der Waals surface area contributed by atoms with Gasteiger partial charge in [-0.1, -0.05) is 0 Å². The van der Waals surface area contributed by atoms with Crippen molar-refractivity contribution in [2.24, 2.45) is 23.2 Å². The van der Waals surface area contributed by atoms with Crippen LogP contribution in [0.25, 0.3) is 0 Å². The Morgan fingerprint density at radius 2 is 1.79 bits per heavy atom. The zero-order valence-electron chi connectivity index (χ0n) is 11.3. The monoisotopic (exact) mass is 255 g/mol. The maximum Gasteiger partial charge on any atom is 0.164 e. The van der Waals surface area contributed by atoms with Gasteiger partial charge in [0.2, 0.25) is 0 Å². The van der Waals surface area contributed by atoms with Gasteiger partial charge in [0.25, 0.3) is 0 Å². The highest BCUT2D eigenvalue weighted by molar-refractivity contribution is 5.96. The normalized spacial score (nSPS) is 39.5. The van der Waals surface area contributed by atoms with Crippen LogP contribution in [0.15, 0.2) is 24.5 Å². The molecule has 0 aliphatic heterocycles. The van der Waals surface area contributed by atoms with Crippen molar-refractivity contribution in [3.8, 4) is 0 Å². The SMILES string of the molecule is O=C(CC12CC3CC(CC(C3)C1)C2)c1cccnc1. The summed E-state index contributed by atoms with van der Waals surface area (Å²) in [7, 11) is 0. The molecule has 100 valence electrons. The van der Waals surface area contributed by atoms with Gasteiger partial charge in [-0.3, -0.25) is 9.78 Å². The van der Waals surface area contributed by atoms with Gasteiger partial charge < -0.3 is 0 Å². The predicted molar refractivity (Wildman–Crippen MR) is 73.8 cm³/mol. The number of Topliss-reactive ketones (excluding diaryl/α,β-unsaturated/α-hetero) is 1. The highest BCUT2D eigenvalue weighted by Crippen LogP contribution is 2.61. The molecule has 0 unspecified atom stereocenters. The van der Waals surface area contributed by atoms with Crippen LogP contribution in [0.4, 0.5) is 0 Å². The summed E-state index contributed by atoms with van der Waals surface area (Å²) >= 11 is 0. The van der Waals surface area contributed by atoms with Crippen LogP contribution in [0, 0.1) is 23.2 Å². The standard InChI is InChI=1S/C17H21NO/c19-16(15-2-1-3-18-11-15)10-17-7-12-4-13(8-17)6-14(5-12)9-17/h1-3,11-14H,4-10H2. The minimum atomic E-state index is 0.315. The second-order valence-electron chi connectivity index (χ2n) is 7.26. The smallest absolute Gasteiger partial charge is 0.164 e. The molecule has 4 aliphatic carbocycles. The van der Waals surface area contributed by atoms with Crippen molar-refractivity contribution in [3.63, 3.8) is 0 Å². The second-order valence-corrected chi connectivity index (χ2v) is 7.26. The molecule has 4 saturated carbocycles. The second kappa shape index (κ2) is 4.16. The van der Waals surface area contributed by atoms with Crippen molar-refractivity contribution in [2.75, 3.05) is 0 Å². The van der Waals surface area contributed by atoms with Gasteiger partial charge in [-0.05, 0) is 73.8 Å². The highest BCUT2D eigenvalue weighted by atomic mass is 16.1. The van der Waals surface area contributed by atoms with E-state index < -0.39 is 0 Å². The van der Waals surface area contributed by atoms with Gasteiger partial charge in [0.05, 0.1) is 0 Å². The van der Waals surface area contributed by atoms with Gasteiger partial charge in [0, 0.05) is 24.4 Å². The molecule has 2 heteroatoms. The first kappa shape index (κ1) is 11.6. The molecule has 4 bridgehead atoms. The summed E-state index contributed by atoms with van der Waals surface area (Å²) in [6.07, 6.45) is 12.5. The summed E-state index contributed by atoms with van der Waals surface area (Å²) in [6.45, 7) is 0. The minimum absolute atomic E-state index is 0.315. The van der Waals surface area contributed by atoms with E-state index in [4.69, 9.17) is 0 Å². The average molecular weight is 255 g/mol. The lowest BCUT2D eigenvalue weighted by molar-refractivity contribution is -0.0524. The van der Waals surface area contributed by atoms with E-state index in [0.29, 0.717) is 11.2 Å². The number of aromatic nitrogens is 1. The van der Waals surface area contributed by atoms with E-state index in [1.54, 1.807) is 12.4 Å². The van der Waals surface area contributed by atoms with Crippen LogP contribution >= 0.6 is 0 Å². The zero-order chi connectivity index (χ0) is 12.9. The Morgan fingerprint density at radius 3 is 2.32 bits per heavy atom. The van der Waals surface area contributed by atoms with Crippen LogP contribution in [-0.4, -0.2) is 10.8 Å². The van der Waals surface area contributed by atoms with Crippen molar-refractivity contribution in [3.05, 3.63) is 30.1 Å². The molecule has 1 aromatic heterocycles. The maximum absolute atomic E-state index is 12.5. The van der Waals surface area contributed by atoms with E-state index in [2.05, 4.69) is 4.98 Å². The molecule has 0 amide bonds. The summed E-state index contributed by atoms with van der Waals surface area (Å²) in [5.74, 6) is 3.09. The van der Waals surface area contributed by atoms with Gasteiger partial charge in [-0.15, -0.1) is 0 Å². The molecular weight excluding hydrogens is 234 g/mol. The van der Waals surface area contributed by atoms with E-state index in [9.17, 15) is 4.79 Å². The number of pyridine rings is 1. The van der Waals surface area contributed by atoms with Gasteiger partial charge in [0.15, 0.2) is 5.78 Å². The van der Waals surface area contributed by atoms with Crippen LogP contribution < -0.4 is 0 Å². The third-order valence-corrected chi connectivity index (χ3v) is 5.68. The average Bonchev–Trinajstić information content (AvgIpc) is 2.37. The van der Waals surface area contributed by atoms with Crippen LogP contribution in [0.3, 0.4) is 0 Å². The van der Waals surface area contributed by atoms with Crippen molar-refractivity contribution in [1.29, 1.82) is 0 Å². The molecule has 0 aromatic carbocycles. The fourth-order valence-electron chi connectivity index (χ4n) is 5.48. The van der Waals surface area contributed by atoms with E-state index in [0.717, 1.165) is 29.7 Å². The summed E-state index contributed by atoms with van der Waals surface area (Å²) < 4.78 is 0. The Hall–Kier alpha value is -1.18. The third-order valence-electron chi connectivity index (χ3n) is 5.68. The summed E-state index contributed by atoms with van der Waals surface area (Å²) in [6, 6.07) is 3.78. The number of carbonyl (C=O) groups is 1. The lowest BCUT2D eigenvalue weighted by Crippen LogP contribution is -2.46. The first-order valence-electron chi connectivity index (χ1n) is 7.66. The van der Waals surface area contributed by atoms with E-state index in [-0.39, 0.29) is 0 Å². The molecule has 0 radical (unpaired) electrons. The Balaban J connectivity index is 1.55. The molecule has 0 atom stereocenters. The molecule has 0 saturated heterocycles. The highest BCUT2D eigenvalue weighted by Gasteiger charge is 2.51. The molecule has 0 spiro atoms. The van der Waals surface area contributed by atoms with Gasteiger partial charge in [-0.25, -0.2) is 0 Å². The maximum atomic E-state index is 12.5. The molecule has 4 fully saturated rings. The van der Waals surface area contributed by atoms with Crippen molar-refractivity contribution < 1.29 is 4.79 Å². The molecule has 4 aliphatic rings. The predicted octanol–water partition coefficient (Wildman–Crippen LogP) is 3.87. The molecular formula is C17H21NO. The minimum Gasteiger partial charge on any atom is -0.294 e. The number of nitrogens with zero attached hydrogens (tertiary/aromatic N) is 1. The lowest BCUT2D eigenvalue weighted by atomic mass is 9.48. The summed E-state index contributed by atoms with van der Waals surface area (Å²) in [4.78, 5) is 16.6. The molecule has 19 heavy (non-hydrogen) atoms.